The number of allylic oxidation sites excluding steroid dienone is 2. The number of Topliss-reactive ketones (excluding diaryl/α,β-unsaturated/α-hetero) is 2. The molecule has 1 saturated carbocycles. The zero-order valence-electron chi connectivity index (χ0n) is 15.3. The number of aliphatic hydroxyl groups is 1. The lowest BCUT2D eigenvalue weighted by atomic mass is 9.86. The lowest BCUT2D eigenvalue weighted by molar-refractivity contribution is -0.137. The molecule has 142 valence electrons. The number of carbonyl (C=O) groups is 3. The van der Waals surface area contributed by atoms with Gasteiger partial charge in [0.05, 0.1) is 6.10 Å². The number of carboxylic acid groups (broad SMARTS) is 1. The van der Waals surface area contributed by atoms with Crippen molar-refractivity contribution in [1.82, 2.24) is 0 Å². The fraction of sp³-hybridized carbons (Fsp3) is 0.750. The van der Waals surface area contributed by atoms with E-state index in [9.17, 15) is 19.5 Å². The van der Waals surface area contributed by atoms with Crippen LogP contribution < -0.4 is 0 Å². The average molecular weight is 352 g/mol. The maximum absolute atomic E-state index is 12.1. The molecule has 0 spiro atoms. The molecule has 5 heteroatoms. The van der Waals surface area contributed by atoms with Crippen molar-refractivity contribution in [2.75, 3.05) is 0 Å². The predicted octanol–water partition coefficient (Wildman–Crippen LogP) is 3.68. The van der Waals surface area contributed by atoms with E-state index < -0.39 is 12.1 Å². The standard InChI is InChI=1S/C20H32O5/c1-2-3-6-9-15(21)12-13-17-16(18(22)14-19(17)23)10-7-4-5-8-11-20(24)25/h4,7,16-17,19,23H,2-3,5-6,8-14H2,1H3,(H,24,25)/b7-4-/t16-,17-,19-/m1/s1. The van der Waals surface area contributed by atoms with Crippen molar-refractivity contribution in [3.05, 3.63) is 12.2 Å². The number of hydrogen-bond donors (Lipinski definition) is 2. The summed E-state index contributed by atoms with van der Waals surface area (Å²) in [5, 5.41) is 18.7. The number of carbonyl (C=O) groups excluding carboxylic acids is 2. The van der Waals surface area contributed by atoms with Crippen LogP contribution in [0.25, 0.3) is 0 Å². The van der Waals surface area contributed by atoms with Gasteiger partial charge in [0, 0.05) is 31.6 Å². The molecule has 0 aromatic rings. The number of hydrogen-bond acceptors (Lipinski definition) is 4. The van der Waals surface area contributed by atoms with Crippen LogP contribution in [0.4, 0.5) is 0 Å². The highest BCUT2D eigenvalue weighted by atomic mass is 16.4. The molecule has 5 nitrogen and oxygen atoms in total. The number of aliphatic hydroxyl groups excluding tert-OH is 1. The molecule has 1 rings (SSSR count). The highest BCUT2D eigenvalue weighted by Gasteiger charge is 2.40. The van der Waals surface area contributed by atoms with E-state index in [1.807, 2.05) is 12.2 Å². The summed E-state index contributed by atoms with van der Waals surface area (Å²) in [5.74, 6) is -0.847. The van der Waals surface area contributed by atoms with Gasteiger partial charge in [-0.1, -0.05) is 31.9 Å². The highest BCUT2D eigenvalue weighted by Crippen LogP contribution is 2.35. The number of unbranched alkanes of at least 4 members (excludes halogenated alkanes) is 3. The first kappa shape index (κ1) is 21.6. The molecule has 0 amide bonds. The average Bonchev–Trinajstić information content (AvgIpc) is 2.82. The summed E-state index contributed by atoms with van der Waals surface area (Å²) in [5.41, 5.74) is 0. The van der Waals surface area contributed by atoms with Crippen LogP contribution in [-0.2, 0) is 14.4 Å². The molecule has 0 aromatic carbocycles. The Morgan fingerprint density at radius 2 is 1.88 bits per heavy atom. The van der Waals surface area contributed by atoms with Gasteiger partial charge in [-0.2, -0.15) is 0 Å². The first-order valence-electron chi connectivity index (χ1n) is 9.55. The minimum atomic E-state index is -0.800. The van der Waals surface area contributed by atoms with E-state index in [2.05, 4.69) is 6.92 Å². The Labute approximate surface area is 150 Å². The quantitative estimate of drug-likeness (QED) is 0.390. The van der Waals surface area contributed by atoms with Gasteiger partial charge < -0.3 is 10.2 Å². The van der Waals surface area contributed by atoms with Crippen molar-refractivity contribution in [3.63, 3.8) is 0 Å². The van der Waals surface area contributed by atoms with Gasteiger partial charge in [0.25, 0.3) is 0 Å². The fourth-order valence-electron chi connectivity index (χ4n) is 3.47. The molecular weight excluding hydrogens is 320 g/mol. The Bertz CT molecular complexity index is 469. The first-order valence-corrected chi connectivity index (χ1v) is 9.55. The van der Waals surface area contributed by atoms with Gasteiger partial charge in [-0.05, 0) is 38.0 Å². The first-order chi connectivity index (χ1) is 12.0. The Morgan fingerprint density at radius 3 is 2.56 bits per heavy atom. The molecule has 1 aliphatic carbocycles. The molecule has 0 saturated heterocycles. The van der Waals surface area contributed by atoms with Gasteiger partial charge in [0.15, 0.2) is 0 Å². The van der Waals surface area contributed by atoms with Gasteiger partial charge in [-0.25, -0.2) is 0 Å². The summed E-state index contributed by atoms with van der Waals surface area (Å²) in [6.07, 6.45) is 10.0. The summed E-state index contributed by atoms with van der Waals surface area (Å²) >= 11 is 0. The third-order valence-electron chi connectivity index (χ3n) is 4.97. The van der Waals surface area contributed by atoms with Gasteiger partial charge in [0.1, 0.15) is 11.6 Å². The predicted molar refractivity (Wildman–Crippen MR) is 96.2 cm³/mol. The monoisotopic (exact) mass is 352 g/mol. The molecule has 0 aliphatic heterocycles. The lowest BCUT2D eigenvalue weighted by Gasteiger charge is -2.19. The van der Waals surface area contributed by atoms with E-state index in [0.29, 0.717) is 38.5 Å². The van der Waals surface area contributed by atoms with Gasteiger partial charge in [-0.3, -0.25) is 14.4 Å². The van der Waals surface area contributed by atoms with Crippen molar-refractivity contribution >= 4 is 17.5 Å². The van der Waals surface area contributed by atoms with Crippen molar-refractivity contribution in [3.8, 4) is 0 Å². The molecular formula is C20H32O5. The van der Waals surface area contributed by atoms with Crippen molar-refractivity contribution in [2.45, 2.75) is 83.7 Å². The van der Waals surface area contributed by atoms with Crippen LogP contribution in [0.2, 0.25) is 0 Å². The Morgan fingerprint density at radius 1 is 1.12 bits per heavy atom. The minimum absolute atomic E-state index is 0.0751. The largest absolute Gasteiger partial charge is 0.481 e. The van der Waals surface area contributed by atoms with Crippen LogP contribution in [0, 0.1) is 11.8 Å². The van der Waals surface area contributed by atoms with Crippen LogP contribution in [0.5, 0.6) is 0 Å². The van der Waals surface area contributed by atoms with E-state index in [1.54, 1.807) is 0 Å². The van der Waals surface area contributed by atoms with E-state index in [-0.39, 0.29) is 36.2 Å². The van der Waals surface area contributed by atoms with E-state index in [1.165, 1.54) is 0 Å². The molecule has 0 bridgehead atoms. The summed E-state index contributed by atoms with van der Waals surface area (Å²) in [6.45, 7) is 2.10. The second kappa shape index (κ2) is 12.0. The summed E-state index contributed by atoms with van der Waals surface area (Å²) in [4.78, 5) is 34.5. The van der Waals surface area contributed by atoms with E-state index in [4.69, 9.17) is 5.11 Å². The smallest absolute Gasteiger partial charge is 0.303 e. The third kappa shape index (κ3) is 8.43. The topological polar surface area (TPSA) is 91.7 Å². The van der Waals surface area contributed by atoms with Crippen LogP contribution in [-0.4, -0.2) is 33.9 Å². The normalized spacial score (nSPS) is 23.4. The Balaban J connectivity index is 2.39. The lowest BCUT2D eigenvalue weighted by Crippen LogP contribution is -2.21. The van der Waals surface area contributed by atoms with Crippen LogP contribution >= 0.6 is 0 Å². The molecule has 1 aliphatic rings. The van der Waals surface area contributed by atoms with E-state index in [0.717, 1.165) is 19.3 Å². The zero-order valence-corrected chi connectivity index (χ0v) is 15.3. The molecule has 0 radical (unpaired) electrons. The molecule has 0 unspecified atom stereocenters. The van der Waals surface area contributed by atoms with Crippen LogP contribution in [0.3, 0.4) is 0 Å². The van der Waals surface area contributed by atoms with E-state index >= 15 is 0 Å². The fourth-order valence-corrected chi connectivity index (χ4v) is 3.47. The summed E-state index contributed by atoms with van der Waals surface area (Å²) < 4.78 is 0. The minimum Gasteiger partial charge on any atom is -0.481 e. The molecule has 2 N–H and O–H groups in total. The van der Waals surface area contributed by atoms with Crippen molar-refractivity contribution in [1.29, 1.82) is 0 Å². The number of carboxylic acids is 1. The number of rotatable bonds is 13. The highest BCUT2D eigenvalue weighted by molar-refractivity contribution is 5.84. The van der Waals surface area contributed by atoms with Crippen LogP contribution in [0.1, 0.15) is 77.6 Å². The summed E-state index contributed by atoms with van der Waals surface area (Å²) in [6, 6.07) is 0. The molecule has 0 aromatic heterocycles. The molecule has 25 heavy (non-hydrogen) atoms. The third-order valence-corrected chi connectivity index (χ3v) is 4.97. The SMILES string of the molecule is CCCCCC(=O)CC[C@H]1[C@H](O)CC(=O)[C@@H]1C/C=C\CCCC(=O)O. The van der Waals surface area contributed by atoms with Crippen LogP contribution in [0.15, 0.2) is 12.2 Å². The molecule has 1 fully saturated rings. The Hall–Kier alpha value is -1.49. The zero-order chi connectivity index (χ0) is 18.7. The van der Waals surface area contributed by atoms with Crippen molar-refractivity contribution < 1.29 is 24.6 Å². The van der Waals surface area contributed by atoms with Gasteiger partial charge >= 0.3 is 5.97 Å². The molecule has 3 atom stereocenters. The van der Waals surface area contributed by atoms with Gasteiger partial charge in [0.2, 0.25) is 0 Å². The second-order valence-electron chi connectivity index (χ2n) is 7.04. The Kier molecular flexibility index (Phi) is 10.3. The second-order valence-corrected chi connectivity index (χ2v) is 7.04. The van der Waals surface area contributed by atoms with Gasteiger partial charge in [-0.15, -0.1) is 0 Å². The number of ketones is 2. The summed E-state index contributed by atoms with van der Waals surface area (Å²) in [7, 11) is 0. The van der Waals surface area contributed by atoms with Crippen molar-refractivity contribution in [2.24, 2.45) is 11.8 Å². The maximum atomic E-state index is 12.1. The molecule has 0 heterocycles. The maximum Gasteiger partial charge on any atom is 0.303 e. The number of aliphatic carboxylic acids is 1.